The standard InChI is InChI=1S/C14H19NO3/c1-2-18-14(17)12-4-3-9-15-13(12)10-5-7-11(16)8-6-10/h5-8,12-13,15-16H,2-4,9H2,1H3/t12-,13-/m1/s1. The molecule has 18 heavy (non-hydrogen) atoms. The molecular formula is C14H19NO3. The SMILES string of the molecule is CCOC(=O)[C@@H]1CCCN[C@@H]1c1ccc(O)cc1. The summed E-state index contributed by atoms with van der Waals surface area (Å²) in [6.07, 6.45) is 1.83. The molecule has 1 heterocycles. The lowest BCUT2D eigenvalue weighted by Crippen LogP contribution is -2.39. The van der Waals surface area contributed by atoms with E-state index >= 15 is 0 Å². The molecule has 2 atom stereocenters. The van der Waals surface area contributed by atoms with E-state index in [4.69, 9.17) is 4.74 Å². The third-order valence-corrected chi connectivity index (χ3v) is 3.30. The summed E-state index contributed by atoms with van der Waals surface area (Å²) < 4.78 is 5.13. The zero-order valence-electron chi connectivity index (χ0n) is 10.6. The van der Waals surface area contributed by atoms with Crippen molar-refractivity contribution in [3.8, 4) is 5.75 Å². The first-order valence-corrected chi connectivity index (χ1v) is 6.41. The molecule has 1 aliphatic rings. The normalized spacial score (nSPS) is 23.6. The van der Waals surface area contributed by atoms with E-state index < -0.39 is 0 Å². The van der Waals surface area contributed by atoms with Crippen molar-refractivity contribution in [3.63, 3.8) is 0 Å². The number of benzene rings is 1. The maximum Gasteiger partial charge on any atom is 0.310 e. The molecule has 0 unspecified atom stereocenters. The lowest BCUT2D eigenvalue weighted by Gasteiger charge is -2.31. The van der Waals surface area contributed by atoms with Crippen LogP contribution in [-0.4, -0.2) is 24.2 Å². The van der Waals surface area contributed by atoms with Gasteiger partial charge >= 0.3 is 5.97 Å². The first kappa shape index (κ1) is 12.9. The monoisotopic (exact) mass is 249 g/mol. The van der Waals surface area contributed by atoms with Crippen molar-refractivity contribution in [2.24, 2.45) is 5.92 Å². The molecule has 0 saturated carbocycles. The highest BCUT2D eigenvalue weighted by Crippen LogP contribution is 2.31. The summed E-state index contributed by atoms with van der Waals surface area (Å²) in [4.78, 5) is 11.9. The number of rotatable bonds is 3. The molecule has 1 aromatic rings. The van der Waals surface area contributed by atoms with Crippen LogP contribution in [0.5, 0.6) is 5.75 Å². The van der Waals surface area contributed by atoms with E-state index in [2.05, 4.69) is 5.32 Å². The Balaban J connectivity index is 2.17. The molecule has 0 amide bonds. The van der Waals surface area contributed by atoms with Gasteiger partial charge in [-0.15, -0.1) is 0 Å². The summed E-state index contributed by atoms with van der Waals surface area (Å²) in [5.74, 6) is -0.0340. The Bertz CT molecular complexity index is 402. The van der Waals surface area contributed by atoms with Crippen molar-refractivity contribution >= 4 is 5.97 Å². The quantitative estimate of drug-likeness (QED) is 0.804. The van der Waals surface area contributed by atoms with Gasteiger partial charge in [0, 0.05) is 6.04 Å². The molecule has 0 bridgehead atoms. The Kier molecular flexibility index (Phi) is 4.20. The van der Waals surface area contributed by atoms with Crippen molar-refractivity contribution in [2.45, 2.75) is 25.8 Å². The first-order chi connectivity index (χ1) is 8.72. The maximum absolute atomic E-state index is 11.9. The third kappa shape index (κ3) is 2.82. The van der Waals surface area contributed by atoms with Gasteiger partial charge in [-0.25, -0.2) is 0 Å². The third-order valence-electron chi connectivity index (χ3n) is 3.30. The average Bonchev–Trinajstić information content (AvgIpc) is 2.40. The summed E-state index contributed by atoms with van der Waals surface area (Å²) >= 11 is 0. The molecule has 98 valence electrons. The van der Waals surface area contributed by atoms with Crippen LogP contribution in [0.25, 0.3) is 0 Å². The van der Waals surface area contributed by atoms with Gasteiger partial charge < -0.3 is 15.2 Å². The van der Waals surface area contributed by atoms with Crippen LogP contribution in [0.2, 0.25) is 0 Å². The second kappa shape index (κ2) is 5.87. The largest absolute Gasteiger partial charge is 0.508 e. The number of aromatic hydroxyl groups is 1. The lowest BCUT2D eigenvalue weighted by molar-refractivity contribution is -0.150. The minimum Gasteiger partial charge on any atom is -0.508 e. The summed E-state index contributed by atoms with van der Waals surface area (Å²) in [7, 11) is 0. The van der Waals surface area contributed by atoms with E-state index in [0.717, 1.165) is 24.9 Å². The van der Waals surface area contributed by atoms with Gasteiger partial charge in [0.25, 0.3) is 0 Å². The van der Waals surface area contributed by atoms with E-state index in [0.29, 0.717) is 6.61 Å². The number of piperidine rings is 1. The van der Waals surface area contributed by atoms with Gasteiger partial charge in [-0.3, -0.25) is 4.79 Å². The molecule has 0 radical (unpaired) electrons. The van der Waals surface area contributed by atoms with Crippen molar-refractivity contribution in [1.82, 2.24) is 5.32 Å². The second-order valence-electron chi connectivity index (χ2n) is 4.52. The molecule has 4 heteroatoms. The highest BCUT2D eigenvalue weighted by Gasteiger charge is 2.32. The predicted octanol–water partition coefficient (Wildman–Crippen LogP) is 2.00. The lowest BCUT2D eigenvalue weighted by atomic mass is 9.86. The molecule has 2 N–H and O–H groups in total. The zero-order chi connectivity index (χ0) is 13.0. The molecule has 1 aromatic carbocycles. The molecule has 1 fully saturated rings. The molecule has 1 aliphatic heterocycles. The zero-order valence-corrected chi connectivity index (χ0v) is 10.6. The number of phenolic OH excluding ortho intramolecular Hbond substituents is 1. The molecule has 0 aliphatic carbocycles. The van der Waals surface area contributed by atoms with Crippen molar-refractivity contribution in [1.29, 1.82) is 0 Å². The number of phenols is 1. The van der Waals surface area contributed by atoms with E-state index in [1.165, 1.54) is 0 Å². The van der Waals surface area contributed by atoms with Gasteiger partial charge in [0.05, 0.1) is 12.5 Å². The Hall–Kier alpha value is -1.55. The van der Waals surface area contributed by atoms with Gasteiger partial charge in [0.2, 0.25) is 0 Å². The fraction of sp³-hybridized carbons (Fsp3) is 0.500. The maximum atomic E-state index is 11.9. The molecule has 2 rings (SSSR count). The van der Waals surface area contributed by atoms with Crippen molar-refractivity contribution in [2.75, 3.05) is 13.2 Å². The Morgan fingerprint density at radius 2 is 2.17 bits per heavy atom. The number of carbonyl (C=O) groups excluding carboxylic acids is 1. The summed E-state index contributed by atoms with van der Waals surface area (Å²) in [5, 5.41) is 12.7. The topological polar surface area (TPSA) is 58.6 Å². The smallest absolute Gasteiger partial charge is 0.310 e. The Labute approximate surface area is 107 Å². The van der Waals surface area contributed by atoms with E-state index in [1.54, 1.807) is 12.1 Å². The number of carbonyl (C=O) groups is 1. The number of ether oxygens (including phenoxy) is 1. The highest BCUT2D eigenvalue weighted by molar-refractivity contribution is 5.73. The average molecular weight is 249 g/mol. The minimum atomic E-state index is -0.136. The molecule has 1 saturated heterocycles. The van der Waals surface area contributed by atoms with Gasteiger partial charge in [0.15, 0.2) is 0 Å². The first-order valence-electron chi connectivity index (χ1n) is 6.41. The van der Waals surface area contributed by atoms with Crippen LogP contribution >= 0.6 is 0 Å². The van der Waals surface area contributed by atoms with Crippen LogP contribution in [-0.2, 0) is 9.53 Å². The molecular weight excluding hydrogens is 230 g/mol. The van der Waals surface area contributed by atoms with Crippen LogP contribution in [0, 0.1) is 5.92 Å². The van der Waals surface area contributed by atoms with Gasteiger partial charge in [-0.2, -0.15) is 0 Å². The van der Waals surface area contributed by atoms with Gasteiger partial charge in [-0.1, -0.05) is 12.1 Å². The van der Waals surface area contributed by atoms with Gasteiger partial charge in [0.1, 0.15) is 5.75 Å². The number of hydrogen-bond donors (Lipinski definition) is 2. The fourth-order valence-corrected chi connectivity index (χ4v) is 2.42. The van der Waals surface area contributed by atoms with E-state index in [9.17, 15) is 9.90 Å². The highest BCUT2D eigenvalue weighted by atomic mass is 16.5. The molecule has 0 spiro atoms. The Morgan fingerprint density at radius 1 is 1.44 bits per heavy atom. The van der Waals surface area contributed by atoms with Gasteiger partial charge in [-0.05, 0) is 44.0 Å². The summed E-state index contributed by atoms with van der Waals surface area (Å²) in [6, 6.07) is 6.98. The van der Waals surface area contributed by atoms with E-state index in [1.807, 2.05) is 19.1 Å². The van der Waals surface area contributed by atoms with Crippen LogP contribution < -0.4 is 5.32 Å². The summed E-state index contributed by atoms with van der Waals surface area (Å²) in [6.45, 7) is 3.14. The molecule has 0 aromatic heterocycles. The Morgan fingerprint density at radius 3 is 2.83 bits per heavy atom. The van der Waals surface area contributed by atoms with E-state index in [-0.39, 0.29) is 23.7 Å². The number of esters is 1. The van der Waals surface area contributed by atoms with Crippen LogP contribution in [0.15, 0.2) is 24.3 Å². The minimum absolute atomic E-state index is 0.0154. The number of hydrogen-bond acceptors (Lipinski definition) is 4. The van der Waals surface area contributed by atoms with Crippen molar-refractivity contribution < 1.29 is 14.6 Å². The van der Waals surface area contributed by atoms with Crippen LogP contribution in [0.3, 0.4) is 0 Å². The second-order valence-corrected chi connectivity index (χ2v) is 4.52. The van der Waals surface area contributed by atoms with Crippen LogP contribution in [0.1, 0.15) is 31.4 Å². The predicted molar refractivity (Wildman–Crippen MR) is 68.2 cm³/mol. The van der Waals surface area contributed by atoms with Crippen LogP contribution in [0.4, 0.5) is 0 Å². The van der Waals surface area contributed by atoms with Crippen molar-refractivity contribution in [3.05, 3.63) is 29.8 Å². The fourth-order valence-electron chi connectivity index (χ4n) is 2.42. The summed E-state index contributed by atoms with van der Waals surface area (Å²) in [5.41, 5.74) is 1.02. The molecule has 4 nitrogen and oxygen atoms in total. The number of nitrogens with one attached hydrogen (secondary N) is 1.